The van der Waals surface area contributed by atoms with Crippen LogP contribution in [0, 0.1) is 18.3 Å². The average molecular weight is 354 g/mol. The number of likely N-dealkylation sites (tertiary alicyclic amines) is 2. The second kappa shape index (κ2) is 9.09. The minimum Gasteiger partial charge on any atom is -0.497 e. The van der Waals surface area contributed by atoms with E-state index in [2.05, 4.69) is 27.9 Å². The molecule has 0 spiro atoms. The first kappa shape index (κ1) is 18.8. The molecule has 0 aliphatic carbocycles. The molecule has 4 nitrogen and oxygen atoms in total. The summed E-state index contributed by atoms with van der Waals surface area (Å²) >= 11 is 0. The van der Waals surface area contributed by atoms with Crippen LogP contribution in [0.1, 0.15) is 37.7 Å². The molecule has 0 aromatic heterocycles. The van der Waals surface area contributed by atoms with Crippen molar-refractivity contribution in [2.45, 2.75) is 44.6 Å². The van der Waals surface area contributed by atoms with Crippen molar-refractivity contribution in [3.8, 4) is 18.1 Å². The van der Waals surface area contributed by atoms with Gasteiger partial charge in [0.25, 0.3) is 0 Å². The molecule has 0 bridgehead atoms. The fourth-order valence-corrected chi connectivity index (χ4v) is 4.24. The molecule has 3 rings (SSSR count). The number of rotatable bonds is 5. The first-order valence-electron chi connectivity index (χ1n) is 9.80. The molecule has 1 amide bonds. The van der Waals surface area contributed by atoms with E-state index < -0.39 is 0 Å². The molecule has 0 N–H and O–H groups in total. The Morgan fingerprint density at radius 2 is 1.88 bits per heavy atom. The van der Waals surface area contributed by atoms with Crippen molar-refractivity contribution in [1.29, 1.82) is 0 Å². The molecule has 1 atom stereocenters. The number of hydrogen-bond acceptors (Lipinski definition) is 3. The van der Waals surface area contributed by atoms with E-state index in [0.717, 1.165) is 63.9 Å². The zero-order valence-corrected chi connectivity index (χ0v) is 15.8. The van der Waals surface area contributed by atoms with Crippen LogP contribution in [-0.2, 0) is 11.2 Å². The third-order valence-electron chi connectivity index (χ3n) is 5.80. The van der Waals surface area contributed by atoms with Gasteiger partial charge < -0.3 is 9.64 Å². The molecule has 2 saturated heterocycles. The van der Waals surface area contributed by atoms with Gasteiger partial charge in [0, 0.05) is 13.1 Å². The van der Waals surface area contributed by atoms with Gasteiger partial charge in [0.2, 0.25) is 5.91 Å². The second-order valence-electron chi connectivity index (χ2n) is 7.51. The lowest BCUT2D eigenvalue weighted by Crippen LogP contribution is -2.52. The van der Waals surface area contributed by atoms with E-state index in [0.29, 0.717) is 18.4 Å². The summed E-state index contributed by atoms with van der Waals surface area (Å²) in [6.45, 7) is 3.29. The van der Waals surface area contributed by atoms with Gasteiger partial charge in [-0.3, -0.25) is 9.69 Å². The van der Waals surface area contributed by atoms with Crippen molar-refractivity contribution in [3.05, 3.63) is 29.8 Å². The van der Waals surface area contributed by atoms with Crippen LogP contribution >= 0.6 is 0 Å². The first-order valence-corrected chi connectivity index (χ1v) is 9.80. The van der Waals surface area contributed by atoms with Crippen molar-refractivity contribution in [1.82, 2.24) is 9.80 Å². The summed E-state index contributed by atoms with van der Waals surface area (Å²) < 4.78 is 5.22. The van der Waals surface area contributed by atoms with Crippen LogP contribution in [0.3, 0.4) is 0 Å². The van der Waals surface area contributed by atoms with Gasteiger partial charge in [-0.05, 0) is 62.3 Å². The van der Waals surface area contributed by atoms with Crippen molar-refractivity contribution in [3.63, 3.8) is 0 Å². The Balaban J connectivity index is 1.50. The van der Waals surface area contributed by atoms with Gasteiger partial charge in [-0.2, -0.15) is 0 Å². The number of piperidine rings is 2. The number of carbonyl (C=O) groups is 1. The fraction of sp³-hybridized carbons (Fsp3) is 0.591. The molecule has 1 unspecified atom stereocenters. The minimum atomic E-state index is -0.00191. The monoisotopic (exact) mass is 354 g/mol. The number of hydrogen-bond donors (Lipinski definition) is 0. The van der Waals surface area contributed by atoms with Gasteiger partial charge in [0.1, 0.15) is 5.75 Å². The Kier molecular flexibility index (Phi) is 6.57. The topological polar surface area (TPSA) is 32.8 Å². The van der Waals surface area contributed by atoms with Crippen LogP contribution in [-0.4, -0.2) is 55.0 Å². The number of terminal acetylenes is 1. The van der Waals surface area contributed by atoms with Crippen LogP contribution in [0.5, 0.6) is 5.75 Å². The van der Waals surface area contributed by atoms with E-state index in [1.165, 1.54) is 5.56 Å². The molecular formula is C22H30N2O2. The molecule has 1 aromatic carbocycles. The van der Waals surface area contributed by atoms with Gasteiger partial charge >= 0.3 is 0 Å². The Morgan fingerprint density at radius 3 is 2.54 bits per heavy atom. The van der Waals surface area contributed by atoms with E-state index in [9.17, 15) is 4.79 Å². The normalized spacial score (nSPS) is 22.0. The lowest BCUT2D eigenvalue weighted by molar-refractivity contribution is -0.139. The molecule has 2 aliphatic heterocycles. The van der Waals surface area contributed by atoms with Gasteiger partial charge in [0.05, 0.1) is 19.7 Å². The van der Waals surface area contributed by atoms with E-state index in [-0.39, 0.29) is 6.04 Å². The number of amides is 1. The van der Waals surface area contributed by atoms with Gasteiger partial charge in [-0.25, -0.2) is 0 Å². The summed E-state index contributed by atoms with van der Waals surface area (Å²) in [5.74, 6) is 4.56. The Labute approximate surface area is 157 Å². The number of nitrogens with zero attached hydrogens (tertiary/aromatic N) is 2. The molecule has 2 heterocycles. The zero-order chi connectivity index (χ0) is 18.4. The van der Waals surface area contributed by atoms with Crippen molar-refractivity contribution < 1.29 is 9.53 Å². The van der Waals surface area contributed by atoms with Gasteiger partial charge in [0.15, 0.2) is 0 Å². The average Bonchev–Trinajstić information content (AvgIpc) is 2.69. The Hall–Kier alpha value is -1.99. The van der Waals surface area contributed by atoms with E-state index in [4.69, 9.17) is 11.2 Å². The highest BCUT2D eigenvalue weighted by atomic mass is 16.5. The predicted molar refractivity (Wildman–Crippen MR) is 104 cm³/mol. The maximum atomic E-state index is 13.0. The zero-order valence-electron chi connectivity index (χ0n) is 15.8. The highest BCUT2D eigenvalue weighted by Gasteiger charge is 2.33. The summed E-state index contributed by atoms with van der Waals surface area (Å²) in [6, 6.07) is 8.35. The third-order valence-corrected chi connectivity index (χ3v) is 5.80. The number of methoxy groups -OCH3 is 1. The lowest BCUT2D eigenvalue weighted by atomic mass is 9.89. The van der Waals surface area contributed by atoms with Crippen molar-refractivity contribution >= 4 is 5.91 Å². The number of carbonyl (C=O) groups excluding carboxylic acids is 1. The summed E-state index contributed by atoms with van der Waals surface area (Å²) in [5.41, 5.74) is 1.35. The maximum absolute atomic E-state index is 13.0. The van der Waals surface area contributed by atoms with Crippen LogP contribution in [0.15, 0.2) is 24.3 Å². The summed E-state index contributed by atoms with van der Waals surface area (Å²) in [6.07, 6.45) is 12.0. The second-order valence-corrected chi connectivity index (χ2v) is 7.51. The quantitative estimate of drug-likeness (QED) is 0.762. The van der Waals surface area contributed by atoms with Crippen LogP contribution in [0.2, 0.25) is 0 Å². The molecule has 26 heavy (non-hydrogen) atoms. The fourth-order valence-electron chi connectivity index (χ4n) is 4.24. The number of ether oxygens (including phenoxy) is 1. The SMILES string of the molecule is C#CCN1CCCCC1C(=O)N1CCC(Cc2ccc(OC)cc2)CC1. The molecule has 4 heteroatoms. The summed E-state index contributed by atoms with van der Waals surface area (Å²) in [7, 11) is 1.69. The van der Waals surface area contributed by atoms with Crippen LogP contribution in [0.4, 0.5) is 0 Å². The molecule has 0 saturated carbocycles. The van der Waals surface area contributed by atoms with E-state index in [1.54, 1.807) is 7.11 Å². The Bertz CT molecular complexity index is 627. The van der Waals surface area contributed by atoms with Gasteiger partial charge in [-0.15, -0.1) is 6.42 Å². The van der Waals surface area contributed by atoms with Crippen molar-refractivity contribution in [2.24, 2.45) is 5.92 Å². The maximum Gasteiger partial charge on any atom is 0.239 e. The van der Waals surface area contributed by atoms with Gasteiger partial charge in [-0.1, -0.05) is 24.5 Å². The molecule has 140 valence electrons. The molecule has 0 radical (unpaired) electrons. The lowest BCUT2D eigenvalue weighted by Gasteiger charge is -2.39. The number of benzene rings is 1. The van der Waals surface area contributed by atoms with Crippen molar-refractivity contribution in [2.75, 3.05) is 33.3 Å². The molecule has 1 aromatic rings. The Morgan fingerprint density at radius 1 is 1.15 bits per heavy atom. The molecular weight excluding hydrogens is 324 g/mol. The third kappa shape index (κ3) is 4.59. The first-order chi connectivity index (χ1) is 12.7. The standard InChI is InChI=1S/C22H30N2O2/c1-3-13-23-14-5-4-6-21(23)22(25)24-15-11-19(12-16-24)17-18-7-9-20(26-2)10-8-18/h1,7-10,19,21H,4-6,11-17H2,2H3. The van der Waals surface area contributed by atoms with Crippen LogP contribution < -0.4 is 4.74 Å². The summed E-state index contributed by atoms with van der Waals surface area (Å²) in [5, 5.41) is 0. The highest BCUT2D eigenvalue weighted by Crippen LogP contribution is 2.25. The smallest absolute Gasteiger partial charge is 0.239 e. The molecule has 2 aliphatic rings. The highest BCUT2D eigenvalue weighted by molar-refractivity contribution is 5.82. The van der Waals surface area contributed by atoms with E-state index in [1.807, 2.05) is 12.1 Å². The minimum absolute atomic E-state index is 0.00191. The summed E-state index contributed by atoms with van der Waals surface area (Å²) in [4.78, 5) is 17.2. The predicted octanol–water partition coefficient (Wildman–Crippen LogP) is 2.96. The van der Waals surface area contributed by atoms with Crippen LogP contribution in [0.25, 0.3) is 0 Å². The van der Waals surface area contributed by atoms with E-state index >= 15 is 0 Å². The molecule has 2 fully saturated rings. The largest absolute Gasteiger partial charge is 0.497 e.